The second-order valence-corrected chi connectivity index (χ2v) is 6.21. The molecule has 1 aromatic carbocycles. The molecule has 0 amide bonds. The van der Waals surface area contributed by atoms with Crippen molar-refractivity contribution in [3.63, 3.8) is 0 Å². The minimum Gasteiger partial charge on any atom is -0.490 e. The molecular weight excluding hydrogens is 355 g/mol. The lowest BCUT2D eigenvalue weighted by atomic mass is 10.1. The average molecular weight is 376 g/mol. The number of methoxy groups -OCH3 is 2. The van der Waals surface area contributed by atoms with Crippen molar-refractivity contribution in [2.24, 2.45) is 0 Å². The Morgan fingerprint density at radius 2 is 1.96 bits per heavy atom. The van der Waals surface area contributed by atoms with Gasteiger partial charge in [0.25, 0.3) is 0 Å². The van der Waals surface area contributed by atoms with E-state index in [-0.39, 0.29) is 12.5 Å². The van der Waals surface area contributed by atoms with Crippen LogP contribution in [-0.2, 0) is 14.3 Å². The number of hydrogen-bond donors (Lipinski definition) is 0. The van der Waals surface area contributed by atoms with Gasteiger partial charge in [0.05, 0.1) is 19.4 Å². The third kappa shape index (κ3) is 4.33. The highest BCUT2D eigenvalue weighted by molar-refractivity contribution is 5.83. The Balaban J connectivity index is 1.91. The first-order valence-electron chi connectivity index (χ1n) is 8.52. The molecule has 0 spiro atoms. The number of ether oxygens (including phenoxy) is 4. The van der Waals surface area contributed by atoms with E-state index >= 15 is 0 Å². The van der Waals surface area contributed by atoms with Gasteiger partial charge < -0.3 is 18.9 Å². The number of rotatable bonds is 8. The molecule has 1 aliphatic rings. The molecule has 2 aromatic rings. The lowest BCUT2D eigenvalue weighted by Crippen LogP contribution is -2.31. The van der Waals surface area contributed by atoms with Crippen molar-refractivity contribution in [3.05, 3.63) is 35.9 Å². The fourth-order valence-corrected chi connectivity index (χ4v) is 2.64. The second kappa shape index (κ2) is 7.87. The lowest BCUT2D eigenvalue weighted by molar-refractivity contribution is -0.151. The molecule has 0 radical (unpaired) electrons. The highest BCUT2D eigenvalue weighted by Gasteiger charge is 2.54. The number of aryl methyl sites for hydroxylation is 1. The summed E-state index contributed by atoms with van der Waals surface area (Å²) in [7, 11) is 2.88. The molecular formula is C19H21FN2O5. The highest BCUT2D eigenvalue weighted by atomic mass is 19.1. The summed E-state index contributed by atoms with van der Waals surface area (Å²) in [6, 6.07) is 5.80. The van der Waals surface area contributed by atoms with Crippen molar-refractivity contribution in [3.8, 4) is 22.9 Å². The Morgan fingerprint density at radius 3 is 2.63 bits per heavy atom. The first-order valence-corrected chi connectivity index (χ1v) is 8.52. The zero-order chi connectivity index (χ0) is 19.4. The Kier molecular flexibility index (Phi) is 5.55. The summed E-state index contributed by atoms with van der Waals surface area (Å²) in [6.07, 6.45) is 1.14. The number of halogens is 1. The molecule has 3 rings (SSSR count). The molecule has 1 aliphatic carbocycles. The maximum atomic E-state index is 13.7. The van der Waals surface area contributed by atoms with Crippen molar-refractivity contribution in [1.29, 1.82) is 0 Å². The van der Waals surface area contributed by atoms with E-state index in [0.717, 1.165) is 0 Å². The van der Waals surface area contributed by atoms with Crippen LogP contribution >= 0.6 is 0 Å². The Labute approximate surface area is 156 Å². The van der Waals surface area contributed by atoms with Crippen LogP contribution in [0.2, 0.25) is 0 Å². The molecule has 0 bridgehead atoms. The molecule has 0 unspecified atom stereocenters. The van der Waals surface area contributed by atoms with E-state index in [1.807, 2.05) is 0 Å². The van der Waals surface area contributed by atoms with Crippen molar-refractivity contribution in [2.75, 3.05) is 27.4 Å². The summed E-state index contributed by atoms with van der Waals surface area (Å²) in [6.45, 7) is 2.35. The van der Waals surface area contributed by atoms with Crippen molar-refractivity contribution >= 4 is 5.97 Å². The predicted molar refractivity (Wildman–Crippen MR) is 94.1 cm³/mol. The van der Waals surface area contributed by atoms with Gasteiger partial charge in [0, 0.05) is 37.6 Å². The average Bonchev–Trinajstić information content (AvgIpc) is 3.41. The van der Waals surface area contributed by atoms with Crippen LogP contribution < -0.4 is 9.47 Å². The van der Waals surface area contributed by atoms with Gasteiger partial charge in [-0.15, -0.1) is 0 Å². The fraction of sp³-hybridized carbons (Fsp3) is 0.421. The van der Waals surface area contributed by atoms with Gasteiger partial charge in [0.2, 0.25) is 11.5 Å². The monoisotopic (exact) mass is 376 g/mol. The van der Waals surface area contributed by atoms with Gasteiger partial charge in [-0.2, -0.15) is 4.98 Å². The van der Waals surface area contributed by atoms with Crippen molar-refractivity contribution in [2.45, 2.75) is 25.4 Å². The number of carbonyl (C=O) groups is 1. The molecule has 1 fully saturated rings. The zero-order valence-electron chi connectivity index (χ0n) is 15.5. The number of aromatic nitrogens is 2. The maximum Gasteiger partial charge on any atom is 0.350 e. The van der Waals surface area contributed by atoms with E-state index in [4.69, 9.17) is 18.9 Å². The zero-order valence-corrected chi connectivity index (χ0v) is 15.5. The minimum atomic E-state index is -0.979. The maximum absolute atomic E-state index is 13.7. The topological polar surface area (TPSA) is 79.8 Å². The van der Waals surface area contributed by atoms with Gasteiger partial charge in [-0.05, 0) is 19.1 Å². The van der Waals surface area contributed by atoms with Crippen LogP contribution in [0.25, 0.3) is 11.3 Å². The van der Waals surface area contributed by atoms with Crippen LogP contribution in [0.5, 0.6) is 11.6 Å². The van der Waals surface area contributed by atoms with Gasteiger partial charge in [-0.25, -0.2) is 14.2 Å². The largest absolute Gasteiger partial charge is 0.490 e. The summed E-state index contributed by atoms with van der Waals surface area (Å²) < 4.78 is 34.9. The Hall–Kier alpha value is -2.74. The number of benzene rings is 1. The number of esters is 1. The van der Waals surface area contributed by atoms with E-state index in [2.05, 4.69) is 9.97 Å². The van der Waals surface area contributed by atoms with Crippen LogP contribution in [-0.4, -0.2) is 49.0 Å². The number of carbonyl (C=O) groups excluding carboxylic acids is 1. The van der Waals surface area contributed by atoms with Crippen LogP contribution in [0.3, 0.4) is 0 Å². The van der Waals surface area contributed by atoms with Gasteiger partial charge in [-0.1, -0.05) is 0 Å². The predicted octanol–water partition coefficient (Wildman–Crippen LogP) is 2.70. The first kappa shape index (κ1) is 19.0. The second-order valence-electron chi connectivity index (χ2n) is 6.21. The third-order valence-corrected chi connectivity index (χ3v) is 4.14. The molecule has 0 atom stereocenters. The van der Waals surface area contributed by atoms with Crippen LogP contribution in [0, 0.1) is 12.7 Å². The number of hydrogen-bond acceptors (Lipinski definition) is 7. The summed E-state index contributed by atoms with van der Waals surface area (Å²) in [4.78, 5) is 20.6. The van der Waals surface area contributed by atoms with Gasteiger partial charge in [0.15, 0.2) is 0 Å². The van der Waals surface area contributed by atoms with Gasteiger partial charge in [0.1, 0.15) is 24.0 Å². The Morgan fingerprint density at radius 1 is 1.19 bits per heavy atom. The SMILES string of the molecule is COCCOc1cc(F)ccc1-c1cc(OC2(C(=O)OC)CC2)nc(C)n1. The molecule has 7 nitrogen and oxygen atoms in total. The molecule has 27 heavy (non-hydrogen) atoms. The molecule has 8 heteroatoms. The molecule has 0 aliphatic heterocycles. The standard InChI is InChI=1S/C19H21FN2O5/c1-12-21-15(11-17(22-12)27-19(6-7-19)18(23)25-3)14-5-4-13(20)10-16(14)26-9-8-24-2/h4-5,10-11H,6-9H2,1-3H3. The first-order chi connectivity index (χ1) is 13.0. The molecule has 0 N–H and O–H groups in total. The van der Waals surface area contributed by atoms with Crippen LogP contribution in [0.4, 0.5) is 4.39 Å². The minimum absolute atomic E-state index is 0.257. The van der Waals surface area contributed by atoms with Crippen LogP contribution in [0.15, 0.2) is 24.3 Å². The molecule has 0 saturated heterocycles. The number of nitrogens with zero attached hydrogens (tertiary/aromatic N) is 2. The third-order valence-electron chi connectivity index (χ3n) is 4.14. The molecule has 1 saturated carbocycles. The van der Waals surface area contributed by atoms with E-state index < -0.39 is 17.4 Å². The van der Waals surface area contributed by atoms with E-state index in [1.165, 1.54) is 19.2 Å². The van der Waals surface area contributed by atoms with Gasteiger partial charge in [-0.3, -0.25) is 0 Å². The van der Waals surface area contributed by atoms with Gasteiger partial charge >= 0.3 is 5.97 Å². The highest BCUT2D eigenvalue weighted by Crippen LogP contribution is 2.41. The summed E-state index contributed by atoms with van der Waals surface area (Å²) in [5.74, 6) is 0.204. The quantitative estimate of drug-likeness (QED) is 0.518. The smallest absolute Gasteiger partial charge is 0.350 e. The lowest BCUT2D eigenvalue weighted by Gasteiger charge is -2.16. The molecule has 144 valence electrons. The molecule has 1 heterocycles. The Bertz CT molecular complexity index is 839. The van der Waals surface area contributed by atoms with Crippen molar-refractivity contribution < 1.29 is 28.1 Å². The summed E-state index contributed by atoms with van der Waals surface area (Å²) in [5.41, 5.74) is 0.115. The molecule has 1 aromatic heterocycles. The summed E-state index contributed by atoms with van der Waals surface area (Å²) in [5, 5.41) is 0. The van der Waals surface area contributed by atoms with E-state index in [0.29, 0.717) is 42.3 Å². The van der Waals surface area contributed by atoms with Crippen molar-refractivity contribution in [1.82, 2.24) is 9.97 Å². The van der Waals surface area contributed by atoms with E-state index in [9.17, 15) is 9.18 Å². The van der Waals surface area contributed by atoms with E-state index in [1.54, 1.807) is 26.2 Å². The summed E-state index contributed by atoms with van der Waals surface area (Å²) >= 11 is 0. The fourth-order valence-electron chi connectivity index (χ4n) is 2.64. The van der Waals surface area contributed by atoms with Crippen LogP contribution in [0.1, 0.15) is 18.7 Å². The normalized spacial score (nSPS) is 14.5.